The number of nitrogens with one attached hydrogen (secondary N) is 3. The lowest BCUT2D eigenvalue weighted by atomic mass is 10.0. The lowest BCUT2D eigenvalue weighted by Crippen LogP contribution is -2.41. The van der Waals surface area contributed by atoms with Gasteiger partial charge >= 0.3 is 11.9 Å². The Morgan fingerprint density at radius 2 is 1.94 bits per heavy atom. The maximum absolute atomic E-state index is 12.4. The van der Waals surface area contributed by atoms with E-state index in [1.54, 1.807) is 30.5 Å². The normalized spacial score (nSPS) is 11.8. The maximum Gasteiger partial charge on any atom is 0.326 e. The van der Waals surface area contributed by atoms with Gasteiger partial charge in [-0.3, -0.25) is 19.4 Å². The van der Waals surface area contributed by atoms with E-state index in [1.165, 1.54) is 7.11 Å². The Labute approximate surface area is 182 Å². The molecule has 0 bridgehead atoms. The van der Waals surface area contributed by atoms with E-state index in [1.807, 2.05) is 0 Å². The quantitative estimate of drug-likeness (QED) is 0.302. The first kappa shape index (κ1) is 22.5. The third kappa shape index (κ3) is 5.31. The fourth-order valence-electron chi connectivity index (χ4n) is 3.28. The molecule has 0 aliphatic carbocycles. The number of esters is 1. The summed E-state index contributed by atoms with van der Waals surface area (Å²) in [7, 11) is 1.21. The van der Waals surface area contributed by atoms with Crippen LogP contribution in [0.4, 0.5) is 5.95 Å². The van der Waals surface area contributed by atoms with Gasteiger partial charge in [0.25, 0.3) is 11.5 Å². The predicted octanol–water partition coefficient (Wildman–Crippen LogP) is 0.755. The third-order valence-corrected chi connectivity index (χ3v) is 5.01. The highest BCUT2D eigenvalue weighted by Crippen LogP contribution is 2.16. The van der Waals surface area contributed by atoms with Gasteiger partial charge in [-0.25, -0.2) is 4.79 Å². The van der Waals surface area contributed by atoms with E-state index in [2.05, 4.69) is 25.0 Å². The highest BCUT2D eigenvalue weighted by atomic mass is 16.5. The van der Waals surface area contributed by atoms with Gasteiger partial charge in [0.2, 0.25) is 5.95 Å². The lowest BCUT2D eigenvalue weighted by molar-refractivity contribution is -0.142. The summed E-state index contributed by atoms with van der Waals surface area (Å²) in [5, 5.41) is 12.1. The van der Waals surface area contributed by atoms with E-state index in [9.17, 15) is 24.3 Å². The van der Waals surface area contributed by atoms with E-state index >= 15 is 0 Å². The highest BCUT2D eigenvalue weighted by molar-refractivity contribution is 5.96. The number of carboxylic acids is 1. The summed E-state index contributed by atoms with van der Waals surface area (Å²) in [5.41, 5.74) is 7.68. The summed E-state index contributed by atoms with van der Waals surface area (Å²) in [6.07, 6.45) is 2.69. The molecular weight excluding hydrogens is 418 g/mol. The summed E-state index contributed by atoms with van der Waals surface area (Å²) < 4.78 is 4.49. The molecule has 3 aromatic rings. The first-order valence-electron chi connectivity index (χ1n) is 9.83. The fourth-order valence-corrected chi connectivity index (χ4v) is 3.28. The number of hydrogen-bond donors (Lipinski definition) is 5. The van der Waals surface area contributed by atoms with Crippen LogP contribution in [0.2, 0.25) is 0 Å². The van der Waals surface area contributed by atoms with E-state index in [0.717, 1.165) is 11.1 Å². The molecule has 0 saturated heterocycles. The number of carboxylic acid groups (broad SMARTS) is 1. The Balaban J connectivity index is 1.62. The first-order valence-corrected chi connectivity index (χ1v) is 9.83. The van der Waals surface area contributed by atoms with Crippen LogP contribution in [0.5, 0.6) is 0 Å². The van der Waals surface area contributed by atoms with Gasteiger partial charge in [0.05, 0.1) is 12.5 Å². The zero-order chi connectivity index (χ0) is 23.3. The van der Waals surface area contributed by atoms with Gasteiger partial charge in [0, 0.05) is 18.2 Å². The number of aliphatic carboxylic acids is 1. The maximum atomic E-state index is 12.4. The molecule has 11 heteroatoms. The second kappa shape index (κ2) is 9.77. The molecule has 0 unspecified atom stereocenters. The summed E-state index contributed by atoms with van der Waals surface area (Å²) in [5.74, 6) is -2.30. The molecular formula is C21H23N5O6. The van der Waals surface area contributed by atoms with Crippen molar-refractivity contribution in [1.29, 1.82) is 0 Å². The number of amides is 1. The summed E-state index contributed by atoms with van der Waals surface area (Å²) in [4.78, 5) is 56.6. The number of anilines is 1. The molecule has 1 aromatic carbocycles. The Morgan fingerprint density at radius 1 is 1.22 bits per heavy atom. The van der Waals surface area contributed by atoms with Crippen molar-refractivity contribution in [2.24, 2.45) is 0 Å². The Morgan fingerprint density at radius 3 is 2.59 bits per heavy atom. The minimum absolute atomic E-state index is 0.0419. The van der Waals surface area contributed by atoms with Crippen LogP contribution in [0, 0.1) is 0 Å². The van der Waals surface area contributed by atoms with Crippen molar-refractivity contribution in [1.82, 2.24) is 20.3 Å². The first-order chi connectivity index (χ1) is 15.3. The molecule has 2 aromatic heterocycles. The highest BCUT2D eigenvalue weighted by Gasteiger charge is 2.22. The number of rotatable bonds is 9. The van der Waals surface area contributed by atoms with Crippen LogP contribution in [0.25, 0.3) is 11.0 Å². The Kier molecular flexibility index (Phi) is 6.88. The molecule has 32 heavy (non-hydrogen) atoms. The van der Waals surface area contributed by atoms with Crippen LogP contribution < -0.4 is 16.6 Å². The molecule has 2 heterocycles. The van der Waals surface area contributed by atoms with Gasteiger partial charge < -0.3 is 25.9 Å². The van der Waals surface area contributed by atoms with Gasteiger partial charge in [0.15, 0.2) is 0 Å². The number of carbonyl (C=O) groups is 3. The second-order valence-electron chi connectivity index (χ2n) is 7.16. The number of methoxy groups -OCH3 is 1. The molecule has 0 aliphatic heterocycles. The number of fused-ring (bicyclic) bond motifs is 1. The number of hydrogen-bond acceptors (Lipinski definition) is 7. The van der Waals surface area contributed by atoms with Crippen molar-refractivity contribution in [3.8, 4) is 0 Å². The molecule has 1 atom stereocenters. The molecule has 6 N–H and O–H groups in total. The number of aryl methyl sites for hydroxylation is 2. The number of benzene rings is 1. The van der Waals surface area contributed by atoms with E-state index in [0.29, 0.717) is 29.4 Å². The molecule has 3 rings (SSSR count). The van der Waals surface area contributed by atoms with Gasteiger partial charge in [-0.15, -0.1) is 0 Å². The number of aromatic amines is 2. The van der Waals surface area contributed by atoms with E-state index in [4.69, 9.17) is 5.73 Å². The van der Waals surface area contributed by atoms with Crippen molar-refractivity contribution >= 4 is 34.8 Å². The average molecular weight is 441 g/mol. The second-order valence-corrected chi connectivity index (χ2v) is 7.16. The SMILES string of the molecule is COC(=O)CC[C@@H](NC(=O)c1ccc(CCc2c[nH]c3nc(N)[nH]c(=O)c23)cc1)C(=O)O. The van der Waals surface area contributed by atoms with Crippen molar-refractivity contribution in [3.63, 3.8) is 0 Å². The Hall–Kier alpha value is -4.15. The van der Waals surface area contributed by atoms with Crippen LogP contribution in [-0.2, 0) is 27.2 Å². The molecule has 11 nitrogen and oxygen atoms in total. The van der Waals surface area contributed by atoms with Crippen molar-refractivity contribution in [2.75, 3.05) is 12.8 Å². The van der Waals surface area contributed by atoms with Crippen LogP contribution in [0.3, 0.4) is 0 Å². The number of aromatic nitrogens is 3. The van der Waals surface area contributed by atoms with E-state index < -0.39 is 23.9 Å². The molecule has 0 spiro atoms. The average Bonchev–Trinajstić information content (AvgIpc) is 3.17. The minimum Gasteiger partial charge on any atom is -0.480 e. The van der Waals surface area contributed by atoms with Crippen LogP contribution in [-0.4, -0.2) is 51.1 Å². The summed E-state index contributed by atoms with van der Waals surface area (Å²) in [6.45, 7) is 0. The predicted molar refractivity (Wildman–Crippen MR) is 115 cm³/mol. The monoisotopic (exact) mass is 441 g/mol. The lowest BCUT2D eigenvalue weighted by Gasteiger charge is -2.14. The molecule has 168 valence electrons. The van der Waals surface area contributed by atoms with Crippen LogP contribution >= 0.6 is 0 Å². The molecule has 0 saturated carbocycles. The fraction of sp³-hybridized carbons (Fsp3) is 0.286. The topological polar surface area (TPSA) is 180 Å². The summed E-state index contributed by atoms with van der Waals surface area (Å²) in [6, 6.07) is 5.49. The Bertz CT molecular complexity index is 1200. The van der Waals surface area contributed by atoms with Gasteiger partial charge in [-0.1, -0.05) is 12.1 Å². The number of nitrogens with zero attached hydrogens (tertiary/aromatic N) is 1. The third-order valence-electron chi connectivity index (χ3n) is 5.01. The number of nitrogen functional groups attached to an aromatic ring is 1. The van der Waals surface area contributed by atoms with Crippen LogP contribution in [0.15, 0.2) is 35.3 Å². The number of ether oxygens (including phenoxy) is 1. The number of H-pyrrole nitrogens is 2. The molecule has 0 fully saturated rings. The minimum atomic E-state index is -1.23. The van der Waals surface area contributed by atoms with Gasteiger partial charge in [-0.2, -0.15) is 4.98 Å². The number of nitrogens with two attached hydrogens (primary N) is 1. The van der Waals surface area contributed by atoms with Crippen molar-refractivity contribution < 1.29 is 24.2 Å². The van der Waals surface area contributed by atoms with Gasteiger partial charge in [0.1, 0.15) is 11.7 Å². The van der Waals surface area contributed by atoms with Crippen molar-refractivity contribution in [3.05, 3.63) is 57.5 Å². The standard InChI is InChI=1S/C21H23N5O6/c1-32-15(27)9-8-14(20(30)31)24-18(28)12-5-2-11(3-6-12)4-7-13-10-23-17-16(13)19(29)26-21(22)25-17/h2-3,5-6,10,14H,4,7-9H2,1H3,(H,24,28)(H,30,31)(H4,22,23,25,26,29)/t14-/m1/s1. The molecule has 0 radical (unpaired) electrons. The van der Waals surface area contributed by atoms with E-state index in [-0.39, 0.29) is 24.3 Å². The molecule has 0 aliphatic rings. The summed E-state index contributed by atoms with van der Waals surface area (Å²) >= 11 is 0. The van der Waals surface area contributed by atoms with Crippen LogP contribution in [0.1, 0.15) is 34.3 Å². The van der Waals surface area contributed by atoms with Crippen molar-refractivity contribution in [2.45, 2.75) is 31.7 Å². The largest absolute Gasteiger partial charge is 0.480 e. The zero-order valence-corrected chi connectivity index (χ0v) is 17.3. The van der Waals surface area contributed by atoms with Gasteiger partial charge in [-0.05, 0) is 42.5 Å². The molecule has 1 amide bonds. The zero-order valence-electron chi connectivity index (χ0n) is 17.3. The number of carbonyl (C=O) groups excluding carboxylic acids is 2. The smallest absolute Gasteiger partial charge is 0.326 e.